The van der Waals surface area contributed by atoms with E-state index in [1.54, 1.807) is 6.20 Å². The van der Waals surface area contributed by atoms with Gasteiger partial charge >= 0.3 is 0 Å². The topological polar surface area (TPSA) is 77.0 Å². The summed E-state index contributed by atoms with van der Waals surface area (Å²) in [7, 11) is 0. The summed E-state index contributed by atoms with van der Waals surface area (Å²) in [4.78, 5) is 4.21. The number of anilines is 1. The normalized spacial score (nSPS) is 21.3. The summed E-state index contributed by atoms with van der Waals surface area (Å²) < 4.78 is 0. The number of hydrazine groups is 1. The molecule has 1 aromatic heterocycles. The van der Waals surface area contributed by atoms with Crippen molar-refractivity contribution in [1.29, 1.82) is 0 Å². The Morgan fingerprint density at radius 2 is 2.00 bits per heavy atom. The molecule has 1 aliphatic carbocycles. The van der Waals surface area contributed by atoms with Crippen LogP contribution in [0.2, 0.25) is 0 Å². The van der Waals surface area contributed by atoms with Crippen LogP contribution in [0.4, 0.5) is 5.82 Å². The zero-order chi connectivity index (χ0) is 14.0. The number of pyridine rings is 1. The Morgan fingerprint density at radius 3 is 2.53 bits per heavy atom. The molecule has 1 unspecified atom stereocenters. The molecule has 0 saturated heterocycles. The van der Waals surface area contributed by atoms with Gasteiger partial charge in [-0.05, 0) is 55.6 Å². The molecule has 0 bridgehead atoms. The molecule has 4 nitrogen and oxygen atoms in total. The SMILES string of the molecule is Cc1ccnc(N)c1C(NN)C1CCC(C)(C)CC1. The quantitative estimate of drug-likeness (QED) is 0.578. The van der Waals surface area contributed by atoms with Crippen LogP contribution in [0.25, 0.3) is 0 Å². The summed E-state index contributed by atoms with van der Waals surface area (Å²) in [5.41, 5.74) is 11.7. The third-order valence-electron chi connectivity index (χ3n) is 4.58. The molecule has 1 saturated carbocycles. The Labute approximate surface area is 115 Å². The van der Waals surface area contributed by atoms with Gasteiger partial charge in [0.15, 0.2) is 0 Å². The summed E-state index contributed by atoms with van der Waals surface area (Å²) in [5.74, 6) is 6.96. The molecule has 1 heterocycles. The Kier molecular flexibility index (Phi) is 4.11. The maximum Gasteiger partial charge on any atom is 0.128 e. The van der Waals surface area contributed by atoms with Crippen LogP contribution in [0, 0.1) is 18.3 Å². The molecule has 5 N–H and O–H groups in total. The smallest absolute Gasteiger partial charge is 0.128 e. The molecule has 0 spiro atoms. The van der Waals surface area contributed by atoms with Gasteiger partial charge in [-0.25, -0.2) is 4.98 Å². The van der Waals surface area contributed by atoms with Gasteiger partial charge in [0.05, 0.1) is 6.04 Å². The molecule has 106 valence electrons. The van der Waals surface area contributed by atoms with Crippen LogP contribution < -0.4 is 17.0 Å². The second-order valence-corrected chi connectivity index (χ2v) is 6.57. The fraction of sp³-hybridized carbons (Fsp3) is 0.667. The molecule has 1 aromatic rings. The number of hydrogen-bond donors (Lipinski definition) is 3. The first-order chi connectivity index (χ1) is 8.94. The zero-order valence-corrected chi connectivity index (χ0v) is 12.2. The number of aromatic nitrogens is 1. The molecular weight excluding hydrogens is 236 g/mol. The monoisotopic (exact) mass is 262 g/mol. The molecule has 19 heavy (non-hydrogen) atoms. The molecular formula is C15H26N4. The summed E-state index contributed by atoms with van der Waals surface area (Å²) in [6.07, 6.45) is 6.63. The van der Waals surface area contributed by atoms with E-state index in [1.165, 1.54) is 31.2 Å². The van der Waals surface area contributed by atoms with Gasteiger partial charge in [-0.1, -0.05) is 13.8 Å². The highest BCUT2D eigenvalue weighted by Gasteiger charge is 2.33. The van der Waals surface area contributed by atoms with Crippen LogP contribution in [-0.4, -0.2) is 4.98 Å². The van der Waals surface area contributed by atoms with Gasteiger partial charge in [-0.3, -0.25) is 11.3 Å². The first-order valence-corrected chi connectivity index (χ1v) is 7.12. The largest absolute Gasteiger partial charge is 0.383 e. The number of nitrogens with one attached hydrogen (secondary N) is 1. The molecule has 1 aliphatic rings. The first-order valence-electron chi connectivity index (χ1n) is 7.12. The van der Waals surface area contributed by atoms with Crippen molar-refractivity contribution in [2.45, 2.75) is 52.5 Å². The maximum atomic E-state index is 6.05. The van der Waals surface area contributed by atoms with E-state index in [9.17, 15) is 0 Å². The molecule has 0 amide bonds. The van der Waals surface area contributed by atoms with Crippen molar-refractivity contribution in [3.8, 4) is 0 Å². The number of aryl methyl sites for hydroxylation is 1. The van der Waals surface area contributed by atoms with Gasteiger partial charge in [-0.2, -0.15) is 0 Å². The van der Waals surface area contributed by atoms with Gasteiger partial charge in [-0.15, -0.1) is 0 Å². The second-order valence-electron chi connectivity index (χ2n) is 6.57. The molecule has 1 atom stereocenters. The predicted octanol–water partition coefficient (Wildman–Crippen LogP) is 2.69. The summed E-state index contributed by atoms with van der Waals surface area (Å²) >= 11 is 0. The molecule has 0 aliphatic heterocycles. The van der Waals surface area contributed by atoms with Gasteiger partial charge in [0.1, 0.15) is 5.82 Å². The minimum Gasteiger partial charge on any atom is -0.383 e. The van der Waals surface area contributed by atoms with Crippen molar-refractivity contribution >= 4 is 5.82 Å². The lowest BCUT2D eigenvalue weighted by Gasteiger charge is -2.38. The van der Waals surface area contributed by atoms with E-state index in [0.717, 1.165) is 5.56 Å². The van der Waals surface area contributed by atoms with E-state index in [4.69, 9.17) is 11.6 Å². The van der Waals surface area contributed by atoms with Crippen LogP contribution in [0.15, 0.2) is 12.3 Å². The van der Waals surface area contributed by atoms with Gasteiger partial charge in [0, 0.05) is 11.8 Å². The van der Waals surface area contributed by atoms with Crippen LogP contribution >= 0.6 is 0 Å². The lowest BCUT2D eigenvalue weighted by molar-refractivity contribution is 0.161. The highest BCUT2D eigenvalue weighted by Crippen LogP contribution is 2.43. The van der Waals surface area contributed by atoms with Crippen LogP contribution in [0.5, 0.6) is 0 Å². The van der Waals surface area contributed by atoms with Crippen molar-refractivity contribution in [3.05, 3.63) is 23.4 Å². The predicted molar refractivity (Wildman–Crippen MR) is 79.2 cm³/mol. The van der Waals surface area contributed by atoms with E-state index >= 15 is 0 Å². The van der Waals surface area contributed by atoms with E-state index in [0.29, 0.717) is 17.2 Å². The maximum absolute atomic E-state index is 6.05. The average Bonchev–Trinajstić information content (AvgIpc) is 2.35. The fourth-order valence-corrected chi connectivity index (χ4v) is 3.21. The fourth-order valence-electron chi connectivity index (χ4n) is 3.21. The zero-order valence-electron chi connectivity index (χ0n) is 12.2. The number of nitrogens with two attached hydrogens (primary N) is 2. The Morgan fingerprint density at radius 1 is 1.37 bits per heavy atom. The van der Waals surface area contributed by atoms with Crippen LogP contribution in [-0.2, 0) is 0 Å². The van der Waals surface area contributed by atoms with Crippen LogP contribution in [0.3, 0.4) is 0 Å². The third kappa shape index (κ3) is 3.07. The summed E-state index contributed by atoms with van der Waals surface area (Å²) in [5, 5.41) is 0. The van der Waals surface area contributed by atoms with Gasteiger partial charge < -0.3 is 5.73 Å². The minimum atomic E-state index is 0.116. The molecule has 0 aromatic carbocycles. The summed E-state index contributed by atoms with van der Waals surface area (Å²) in [6, 6.07) is 2.12. The van der Waals surface area contributed by atoms with E-state index in [2.05, 4.69) is 31.2 Å². The van der Waals surface area contributed by atoms with Crippen molar-refractivity contribution in [1.82, 2.24) is 10.4 Å². The molecule has 0 radical (unpaired) electrons. The van der Waals surface area contributed by atoms with Crippen molar-refractivity contribution in [2.24, 2.45) is 17.2 Å². The first kappa shape index (κ1) is 14.3. The highest BCUT2D eigenvalue weighted by atomic mass is 15.2. The van der Waals surface area contributed by atoms with Crippen molar-refractivity contribution < 1.29 is 0 Å². The number of hydrogen-bond acceptors (Lipinski definition) is 4. The Hall–Kier alpha value is -1.13. The van der Waals surface area contributed by atoms with E-state index in [-0.39, 0.29) is 6.04 Å². The Bertz CT molecular complexity index is 412. The minimum absolute atomic E-state index is 0.116. The second kappa shape index (κ2) is 5.47. The van der Waals surface area contributed by atoms with E-state index in [1.807, 2.05) is 6.07 Å². The third-order valence-corrected chi connectivity index (χ3v) is 4.58. The number of nitrogen functional groups attached to an aromatic ring is 1. The standard InChI is InChI=1S/C15H26N4/c1-10-6-9-18-14(16)12(10)13(19-17)11-4-7-15(2,3)8-5-11/h6,9,11,13,19H,4-5,7-8,17H2,1-3H3,(H2,16,18). The average molecular weight is 262 g/mol. The van der Waals surface area contributed by atoms with Crippen LogP contribution in [0.1, 0.15) is 56.7 Å². The van der Waals surface area contributed by atoms with E-state index < -0.39 is 0 Å². The number of rotatable bonds is 3. The van der Waals surface area contributed by atoms with Gasteiger partial charge in [0.25, 0.3) is 0 Å². The Balaban J connectivity index is 2.21. The molecule has 2 rings (SSSR count). The number of nitrogens with zero attached hydrogens (tertiary/aromatic N) is 1. The molecule has 4 heteroatoms. The van der Waals surface area contributed by atoms with Gasteiger partial charge in [0.2, 0.25) is 0 Å². The molecule has 1 fully saturated rings. The summed E-state index contributed by atoms with van der Waals surface area (Å²) in [6.45, 7) is 6.76. The van der Waals surface area contributed by atoms with Crippen molar-refractivity contribution in [2.75, 3.05) is 5.73 Å². The lowest BCUT2D eigenvalue weighted by Crippen LogP contribution is -2.37. The lowest BCUT2D eigenvalue weighted by atomic mass is 9.70. The highest BCUT2D eigenvalue weighted by molar-refractivity contribution is 5.46. The van der Waals surface area contributed by atoms with Crippen molar-refractivity contribution in [3.63, 3.8) is 0 Å².